The van der Waals surface area contributed by atoms with E-state index < -0.39 is 20.3 Å². The second-order valence-electron chi connectivity index (χ2n) is 2.85. The van der Waals surface area contributed by atoms with Crippen LogP contribution in [0.5, 0.6) is 0 Å². The van der Waals surface area contributed by atoms with E-state index in [1.165, 1.54) is 13.0 Å². The quantitative estimate of drug-likeness (QED) is 0.771. The van der Waals surface area contributed by atoms with Crippen molar-refractivity contribution in [2.75, 3.05) is 0 Å². The zero-order chi connectivity index (χ0) is 10.8. The highest BCUT2D eigenvalue weighted by Crippen LogP contribution is 2.23. The molecule has 0 bridgehead atoms. The smallest absolute Gasteiger partial charge is 0.222 e. The Balaban J connectivity index is 2.92. The van der Waals surface area contributed by atoms with Crippen molar-refractivity contribution in [3.05, 3.63) is 17.5 Å². The molecule has 0 fully saturated rings. The van der Waals surface area contributed by atoms with E-state index >= 15 is 0 Å². The van der Waals surface area contributed by atoms with Crippen LogP contribution in [0.2, 0.25) is 0 Å². The van der Waals surface area contributed by atoms with Gasteiger partial charge >= 0.3 is 0 Å². The average molecular weight is 253 g/mol. The SMILES string of the molecule is CC(CC(=O)Cl)S(=O)(=O)c1cccs1. The lowest BCUT2D eigenvalue weighted by Gasteiger charge is -2.07. The minimum absolute atomic E-state index is 0.151. The lowest BCUT2D eigenvalue weighted by molar-refractivity contribution is -0.111. The third-order valence-electron chi connectivity index (χ3n) is 1.75. The summed E-state index contributed by atoms with van der Waals surface area (Å²) >= 11 is 6.28. The highest BCUT2D eigenvalue weighted by molar-refractivity contribution is 7.94. The highest BCUT2D eigenvalue weighted by Gasteiger charge is 2.25. The molecular formula is C8H9ClO3S2. The topological polar surface area (TPSA) is 51.2 Å². The summed E-state index contributed by atoms with van der Waals surface area (Å²) in [6.07, 6.45) is -0.151. The Morgan fingerprint density at radius 2 is 2.29 bits per heavy atom. The van der Waals surface area contributed by atoms with E-state index in [-0.39, 0.29) is 10.6 Å². The van der Waals surface area contributed by atoms with Crippen molar-refractivity contribution in [2.45, 2.75) is 22.8 Å². The number of carbonyl (C=O) groups excluding carboxylic acids is 1. The number of thiophene rings is 1. The summed E-state index contributed by atoms with van der Waals surface area (Å²) in [5, 5.41) is 0.297. The number of halogens is 1. The number of carbonyl (C=O) groups is 1. The number of hydrogen-bond donors (Lipinski definition) is 0. The van der Waals surface area contributed by atoms with Crippen LogP contribution in [-0.4, -0.2) is 18.9 Å². The van der Waals surface area contributed by atoms with E-state index in [4.69, 9.17) is 11.6 Å². The van der Waals surface area contributed by atoms with Crippen LogP contribution >= 0.6 is 22.9 Å². The molecule has 1 heterocycles. The minimum Gasteiger partial charge on any atom is -0.281 e. The van der Waals surface area contributed by atoms with Crippen molar-refractivity contribution < 1.29 is 13.2 Å². The average Bonchev–Trinajstić information content (AvgIpc) is 2.54. The molecule has 1 atom stereocenters. The van der Waals surface area contributed by atoms with Gasteiger partial charge in [-0.1, -0.05) is 6.07 Å². The predicted molar refractivity (Wildman–Crippen MR) is 56.4 cm³/mol. The van der Waals surface area contributed by atoms with Crippen LogP contribution in [0.3, 0.4) is 0 Å². The van der Waals surface area contributed by atoms with E-state index in [0.717, 1.165) is 11.3 Å². The first-order valence-electron chi connectivity index (χ1n) is 3.90. The normalized spacial score (nSPS) is 13.9. The first-order valence-corrected chi connectivity index (χ1v) is 6.70. The molecule has 0 N–H and O–H groups in total. The molecule has 3 nitrogen and oxygen atoms in total. The minimum atomic E-state index is -3.38. The first-order chi connectivity index (χ1) is 6.44. The molecule has 78 valence electrons. The van der Waals surface area contributed by atoms with Gasteiger partial charge in [0.25, 0.3) is 0 Å². The summed E-state index contributed by atoms with van der Waals surface area (Å²) in [6, 6.07) is 3.18. The van der Waals surface area contributed by atoms with E-state index in [1.54, 1.807) is 11.4 Å². The molecule has 0 saturated carbocycles. The first kappa shape index (κ1) is 11.7. The zero-order valence-corrected chi connectivity index (χ0v) is 9.82. The van der Waals surface area contributed by atoms with Crippen molar-refractivity contribution in [3.63, 3.8) is 0 Å². The van der Waals surface area contributed by atoms with Crippen LogP contribution in [0, 0.1) is 0 Å². The van der Waals surface area contributed by atoms with E-state index in [0.29, 0.717) is 0 Å². The Labute approximate surface area is 91.6 Å². The fourth-order valence-corrected chi connectivity index (χ4v) is 3.96. The van der Waals surface area contributed by atoms with Gasteiger partial charge in [0.05, 0.1) is 5.25 Å². The van der Waals surface area contributed by atoms with Crippen molar-refractivity contribution >= 4 is 38.0 Å². The van der Waals surface area contributed by atoms with Crippen LogP contribution in [0.4, 0.5) is 0 Å². The lowest BCUT2D eigenvalue weighted by atomic mass is 10.4. The summed E-state index contributed by atoms with van der Waals surface area (Å²) in [7, 11) is -3.38. The molecule has 1 unspecified atom stereocenters. The van der Waals surface area contributed by atoms with Gasteiger partial charge in [-0.15, -0.1) is 11.3 Å². The Bertz CT molecular complexity index is 408. The van der Waals surface area contributed by atoms with Crippen molar-refractivity contribution in [1.29, 1.82) is 0 Å². The Morgan fingerprint density at radius 1 is 1.64 bits per heavy atom. The molecule has 0 spiro atoms. The maximum Gasteiger partial charge on any atom is 0.222 e. The van der Waals surface area contributed by atoms with Gasteiger partial charge in [0.1, 0.15) is 4.21 Å². The monoisotopic (exact) mass is 252 g/mol. The maximum absolute atomic E-state index is 11.7. The molecule has 1 aromatic heterocycles. The molecule has 14 heavy (non-hydrogen) atoms. The van der Waals surface area contributed by atoms with Gasteiger partial charge in [-0.3, -0.25) is 4.79 Å². The largest absolute Gasteiger partial charge is 0.281 e. The summed E-state index contributed by atoms with van der Waals surface area (Å²) < 4.78 is 23.7. The molecular weight excluding hydrogens is 244 g/mol. The van der Waals surface area contributed by atoms with Crippen molar-refractivity contribution in [1.82, 2.24) is 0 Å². The molecule has 0 saturated heterocycles. The van der Waals surface area contributed by atoms with Crippen LogP contribution in [0.15, 0.2) is 21.7 Å². The molecule has 0 aromatic carbocycles. The predicted octanol–water partition coefficient (Wildman–Crippen LogP) is 2.07. The summed E-state index contributed by atoms with van der Waals surface area (Å²) in [5.74, 6) is 0. The van der Waals surface area contributed by atoms with Gasteiger partial charge in [0.2, 0.25) is 5.24 Å². The number of hydrogen-bond acceptors (Lipinski definition) is 4. The molecule has 0 aliphatic carbocycles. The number of rotatable bonds is 4. The van der Waals surface area contributed by atoms with Crippen LogP contribution in [-0.2, 0) is 14.6 Å². The molecule has 1 aromatic rings. The molecule has 0 amide bonds. The molecule has 0 aliphatic heterocycles. The van der Waals surface area contributed by atoms with Crippen molar-refractivity contribution in [3.8, 4) is 0 Å². The second kappa shape index (κ2) is 4.42. The molecule has 6 heteroatoms. The Hall–Kier alpha value is -0.390. The highest BCUT2D eigenvalue weighted by atomic mass is 35.5. The summed E-state index contributed by atoms with van der Waals surface area (Å²) in [5.41, 5.74) is 0. The lowest BCUT2D eigenvalue weighted by Crippen LogP contribution is -2.19. The van der Waals surface area contributed by atoms with Crippen LogP contribution < -0.4 is 0 Å². The van der Waals surface area contributed by atoms with Gasteiger partial charge in [-0.2, -0.15) is 0 Å². The van der Waals surface area contributed by atoms with Gasteiger partial charge in [0, 0.05) is 6.42 Å². The molecule has 1 rings (SSSR count). The van der Waals surface area contributed by atoms with E-state index in [1.807, 2.05) is 0 Å². The number of sulfone groups is 1. The molecule has 0 aliphatic rings. The fourth-order valence-electron chi connectivity index (χ4n) is 0.959. The van der Waals surface area contributed by atoms with Gasteiger partial charge in [0.15, 0.2) is 9.84 Å². The van der Waals surface area contributed by atoms with Gasteiger partial charge in [-0.05, 0) is 30.0 Å². The summed E-state index contributed by atoms with van der Waals surface area (Å²) in [4.78, 5) is 10.6. The Kier molecular flexibility index (Phi) is 3.69. The standard InChI is InChI=1S/C8H9ClO3S2/c1-6(5-7(9)10)14(11,12)8-3-2-4-13-8/h2-4,6H,5H2,1H3. The maximum atomic E-state index is 11.7. The zero-order valence-electron chi connectivity index (χ0n) is 7.44. The van der Waals surface area contributed by atoms with Crippen molar-refractivity contribution in [2.24, 2.45) is 0 Å². The van der Waals surface area contributed by atoms with E-state index in [2.05, 4.69) is 0 Å². The molecule has 0 radical (unpaired) electrons. The fraction of sp³-hybridized carbons (Fsp3) is 0.375. The van der Waals surface area contributed by atoms with E-state index in [9.17, 15) is 13.2 Å². The van der Waals surface area contributed by atoms with Crippen LogP contribution in [0.25, 0.3) is 0 Å². The van der Waals surface area contributed by atoms with Gasteiger partial charge < -0.3 is 0 Å². The third-order valence-corrected chi connectivity index (χ3v) is 5.48. The Morgan fingerprint density at radius 3 is 2.71 bits per heavy atom. The summed E-state index contributed by atoms with van der Waals surface area (Å²) in [6.45, 7) is 1.48. The third kappa shape index (κ3) is 2.56. The van der Waals surface area contributed by atoms with Gasteiger partial charge in [-0.25, -0.2) is 8.42 Å². The van der Waals surface area contributed by atoms with Crippen LogP contribution in [0.1, 0.15) is 13.3 Å². The second-order valence-corrected chi connectivity index (χ2v) is 6.81.